The highest BCUT2D eigenvalue weighted by Crippen LogP contribution is 2.25. The van der Waals surface area contributed by atoms with Crippen molar-refractivity contribution in [3.8, 4) is 0 Å². The van der Waals surface area contributed by atoms with E-state index in [0.717, 1.165) is 25.8 Å². The Hall–Kier alpha value is -0.280. The summed E-state index contributed by atoms with van der Waals surface area (Å²) in [7, 11) is 0. The highest BCUT2D eigenvalue weighted by Gasteiger charge is 2.36. The van der Waals surface area contributed by atoms with E-state index in [0.29, 0.717) is 12.0 Å². The lowest BCUT2D eigenvalue weighted by Gasteiger charge is -2.37. The lowest BCUT2D eigenvalue weighted by Crippen LogP contribution is -2.59. The first-order chi connectivity index (χ1) is 8.12. The predicted molar refractivity (Wildman–Crippen MR) is 77.1 cm³/mol. The minimum absolute atomic E-state index is 0. The Morgan fingerprint density at radius 2 is 1.94 bits per heavy atom. The number of carbonyl (C=O) groups excluding carboxylic acids is 1. The monoisotopic (exact) mass is 274 g/mol. The summed E-state index contributed by atoms with van der Waals surface area (Å²) < 4.78 is 0. The maximum atomic E-state index is 12.4. The number of rotatable bonds is 2. The Morgan fingerprint density at radius 3 is 2.56 bits per heavy atom. The van der Waals surface area contributed by atoms with Crippen molar-refractivity contribution in [1.29, 1.82) is 0 Å². The molecule has 2 N–H and O–H groups in total. The fourth-order valence-corrected chi connectivity index (χ4v) is 3.11. The first-order valence-corrected chi connectivity index (χ1v) is 7.18. The van der Waals surface area contributed by atoms with Crippen LogP contribution in [0.5, 0.6) is 0 Å². The molecule has 1 saturated carbocycles. The van der Waals surface area contributed by atoms with Crippen LogP contribution in [-0.2, 0) is 4.79 Å². The smallest absolute Gasteiger partial charge is 0.240 e. The Labute approximate surface area is 117 Å². The molecule has 2 aliphatic rings. The predicted octanol–water partition coefficient (Wildman–Crippen LogP) is 2.64. The van der Waals surface area contributed by atoms with Crippen LogP contribution in [0.2, 0.25) is 0 Å². The Bertz CT molecular complexity index is 277. The van der Waals surface area contributed by atoms with Gasteiger partial charge in [-0.15, -0.1) is 12.4 Å². The van der Waals surface area contributed by atoms with Crippen molar-refractivity contribution >= 4 is 18.3 Å². The Kier molecular flexibility index (Phi) is 5.93. The third-order valence-corrected chi connectivity index (χ3v) is 4.55. The number of halogens is 1. The van der Waals surface area contributed by atoms with E-state index in [4.69, 9.17) is 0 Å². The summed E-state index contributed by atoms with van der Waals surface area (Å²) in [5.41, 5.74) is -0.324. The van der Waals surface area contributed by atoms with Gasteiger partial charge in [-0.2, -0.15) is 0 Å². The molecule has 2 rings (SSSR count). The molecule has 1 saturated heterocycles. The largest absolute Gasteiger partial charge is 0.352 e. The first-order valence-electron chi connectivity index (χ1n) is 7.18. The molecule has 0 aromatic rings. The molecular formula is C14H27ClN2O. The van der Waals surface area contributed by atoms with Crippen molar-refractivity contribution in [2.75, 3.05) is 6.54 Å². The van der Waals surface area contributed by atoms with Crippen LogP contribution in [0.4, 0.5) is 0 Å². The number of amides is 1. The zero-order chi connectivity index (χ0) is 12.3. The molecule has 1 heterocycles. The van der Waals surface area contributed by atoms with Crippen LogP contribution in [-0.4, -0.2) is 24.0 Å². The Balaban J connectivity index is 0.00000162. The summed E-state index contributed by atoms with van der Waals surface area (Å²) in [4.78, 5) is 12.4. The Morgan fingerprint density at radius 1 is 1.22 bits per heavy atom. The highest BCUT2D eigenvalue weighted by atomic mass is 35.5. The fourth-order valence-electron chi connectivity index (χ4n) is 3.11. The molecule has 2 fully saturated rings. The number of hydrogen-bond donors (Lipinski definition) is 2. The third-order valence-electron chi connectivity index (χ3n) is 4.55. The van der Waals surface area contributed by atoms with Gasteiger partial charge in [-0.3, -0.25) is 4.79 Å². The van der Waals surface area contributed by atoms with Gasteiger partial charge in [0.15, 0.2) is 0 Å². The van der Waals surface area contributed by atoms with Crippen molar-refractivity contribution in [1.82, 2.24) is 10.6 Å². The summed E-state index contributed by atoms with van der Waals surface area (Å²) >= 11 is 0. The quantitative estimate of drug-likeness (QED) is 0.813. The van der Waals surface area contributed by atoms with E-state index < -0.39 is 0 Å². The maximum absolute atomic E-state index is 12.4. The molecule has 0 aromatic carbocycles. The van der Waals surface area contributed by atoms with E-state index in [1.807, 2.05) is 0 Å². The molecular weight excluding hydrogens is 248 g/mol. The van der Waals surface area contributed by atoms with Crippen LogP contribution in [0.3, 0.4) is 0 Å². The fraction of sp³-hybridized carbons (Fsp3) is 0.929. The summed E-state index contributed by atoms with van der Waals surface area (Å²) in [6.45, 7) is 5.29. The molecule has 4 heteroatoms. The van der Waals surface area contributed by atoms with Crippen LogP contribution < -0.4 is 10.6 Å². The molecule has 1 aliphatic carbocycles. The van der Waals surface area contributed by atoms with E-state index in [1.165, 1.54) is 25.7 Å². The van der Waals surface area contributed by atoms with Gasteiger partial charge in [-0.1, -0.05) is 19.8 Å². The van der Waals surface area contributed by atoms with E-state index in [9.17, 15) is 4.79 Å². The normalized spacial score (nSPS) is 36.6. The van der Waals surface area contributed by atoms with Crippen molar-refractivity contribution in [2.45, 2.75) is 70.4 Å². The van der Waals surface area contributed by atoms with Gasteiger partial charge in [-0.25, -0.2) is 0 Å². The van der Waals surface area contributed by atoms with Crippen LogP contribution in [0, 0.1) is 5.92 Å². The summed E-state index contributed by atoms with van der Waals surface area (Å²) in [5, 5.41) is 6.67. The van der Waals surface area contributed by atoms with Gasteiger partial charge in [-0.05, 0) is 51.5 Å². The van der Waals surface area contributed by atoms with Crippen molar-refractivity contribution in [3.05, 3.63) is 0 Å². The number of carbonyl (C=O) groups is 1. The average Bonchev–Trinajstić information content (AvgIpc) is 2.33. The van der Waals surface area contributed by atoms with Crippen molar-refractivity contribution in [2.24, 2.45) is 5.92 Å². The summed E-state index contributed by atoms with van der Waals surface area (Å²) in [6, 6.07) is 0.400. The molecule has 3 unspecified atom stereocenters. The lowest BCUT2D eigenvalue weighted by atomic mass is 9.84. The molecule has 3 atom stereocenters. The summed E-state index contributed by atoms with van der Waals surface area (Å²) in [6.07, 6.45) is 8.33. The molecule has 0 bridgehead atoms. The molecule has 0 radical (unpaired) electrons. The van der Waals surface area contributed by atoms with Gasteiger partial charge < -0.3 is 10.6 Å². The molecule has 0 aromatic heterocycles. The topological polar surface area (TPSA) is 41.1 Å². The zero-order valence-electron chi connectivity index (χ0n) is 11.6. The second kappa shape index (κ2) is 6.76. The molecule has 3 nitrogen and oxygen atoms in total. The van der Waals surface area contributed by atoms with Crippen LogP contribution in [0.1, 0.15) is 58.8 Å². The molecule has 1 amide bonds. The van der Waals surface area contributed by atoms with Crippen LogP contribution in [0.25, 0.3) is 0 Å². The van der Waals surface area contributed by atoms with Gasteiger partial charge in [0.2, 0.25) is 5.91 Å². The van der Waals surface area contributed by atoms with E-state index in [2.05, 4.69) is 24.5 Å². The standard InChI is InChI=1S/C14H26N2O.ClH/c1-11-7-3-4-8-12(11)16-13(17)14(2)9-5-6-10-15-14;/h11-12,15H,3-10H2,1-2H3,(H,16,17);1H. The van der Waals surface area contributed by atoms with Crippen LogP contribution in [0.15, 0.2) is 0 Å². The SMILES string of the molecule is CC1CCCCC1NC(=O)C1(C)CCCCN1.Cl. The average molecular weight is 275 g/mol. The maximum Gasteiger partial charge on any atom is 0.240 e. The second-order valence-electron chi connectivity index (χ2n) is 6.06. The molecule has 0 spiro atoms. The zero-order valence-corrected chi connectivity index (χ0v) is 12.4. The van der Waals surface area contributed by atoms with Gasteiger partial charge in [0.1, 0.15) is 0 Å². The van der Waals surface area contributed by atoms with Crippen molar-refractivity contribution in [3.63, 3.8) is 0 Å². The minimum atomic E-state index is -0.324. The van der Waals surface area contributed by atoms with Gasteiger partial charge in [0.25, 0.3) is 0 Å². The molecule has 106 valence electrons. The van der Waals surface area contributed by atoms with E-state index in [-0.39, 0.29) is 23.9 Å². The van der Waals surface area contributed by atoms with E-state index >= 15 is 0 Å². The van der Waals surface area contributed by atoms with Crippen molar-refractivity contribution < 1.29 is 4.79 Å². The molecule has 1 aliphatic heterocycles. The second-order valence-corrected chi connectivity index (χ2v) is 6.06. The molecule has 18 heavy (non-hydrogen) atoms. The lowest BCUT2D eigenvalue weighted by molar-refractivity contribution is -0.129. The van der Waals surface area contributed by atoms with Gasteiger partial charge >= 0.3 is 0 Å². The number of hydrogen-bond acceptors (Lipinski definition) is 2. The minimum Gasteiger partial charge on any atom is -0.352 e. The van der Waals surface area contributed by atoms with Gasteiger partial charge in [0, 0.05) is 6.04 Å². The number of piperidine rings is 1. The highest BCUT2D eigenvalue weighted by molar-refractivity contribution is 5.86. The number of nitrogens with one attached hydrogen (secondary N) is 2. The third kappa shape index (κ3) is 3.61. The summed E-state index contributed by atoms with van der Waals surface area (Å²) in [5.74, 6) is 0.857. The first kappa shape index (κ1) is 15.8. The van der Waals surface area contributed by atoms with Crippen LogP contribution >= 0.6 is 12.4 Å². The van der Waals surface area contributed by atoms with Gasteiger partial charge in [0.05, 0.1) is 5.54 Å². The van der Waals surface area contributed by atoms with E-state index in [1.54, 1.807) is 0 Å².